The van der Waals surface area contributed by atoms with E-state index >= 15 is 0 Å². The van der Waals surface area contributed by atoms with Gasteiger partial charge in [0.2, 0.25) is 0 Å². The number of hydrogen-bond donors (Lipinski definition) is 0. The van der Waals surface area contributed by atoms with Crippen LogP contribution < -0.4 is 4.74 Å². The Bertz CT molecular complexity index is 456. The molecule has 0 bridgehead atoms. The summed E-state index contributed by atoms with van der Waals surface area (Å²) in [4.78, 5) is 4.33. The standard InChI is InChI=1S/C14H13NO/c1-2-5-11(6-3-1)9-12-10-13-14(16-12)7-4-8-15-13/h1-8,12H,9-10H2. The van der Waals surface area contributed by atoms with Gasteiger partial charge >= 0.3 is 0 Å². The van der Waals surface area contributed by atoms with Crippen LogP contribution in [0.5, 0.6) is 5.75 Å². The molecule has 2 aromatic rings. The summed E-state index contributed by atoms with van der Waals surface area (Å²) >= 11 is 0. The highest BCUT2D eigenvalue weighted by atomic mass is 16.5. The maximum absolute atomic E-state index is 5.85. The molecule has 1 atom stereocenters. The van der Waals surface area contributed by atoms with Gasteiger partial charge in [0, 0.05) is 19.0 Å². The normalized spacial score (nSPS) is 17.9. The van der Waals surface area contributed by atoms with E-state index in [0.29, 0.717) is 0 Å². The molecule has 0 saturated carbocycles. The van der Waals surface area contributed by atoms with E-state index in [1.807, 2.05) is 24.4 Å². The quantitative estimate of drug-likeness (QED) is 0.761. The zero-order valence-corrected chi connectivity index (χ0v) is 8.97. The van der Waals surface area contributed by atoms with Crippen molar-refractivity contribution in [3.05, 3.63) is 59.9 Å². The Morgan fingerprint density at radius 2 is 2.00 bits per heavy atom. The Morgan fingerprint density at radius 1 is 1.12 bits per heavy atom. The molecule has 0 saturated heterocycles. The van der Waals surface area contributed by atoms with Crippen LogP contribution in [0.4, 0.5) is 0 Å². The predicted octanol–water partition coefficient (Wildman–Crippen LogP) is 2.63. The van der Waals surface area contributed by atoms with E-state index < -0.39 is 0 Å². The third-order valence-corrected chi connectivity index (χ3v) is 2.87. The van der Waals surface area contributed by atoms with Gasteiger partial charge in [-0.05, 0) is 17.7 Å². The monoisotopic (exact) mass is 211 g/mol. The number of nitrogens with zero attached hydrogens (tertiary/aromatic N) is 1. The largest absolute Gasteiger partial charge is 0.488 e. The molecule has 16 heavy (non-hydrogen) atoms. The summed E-state index contributed by atoms with van der Waals surface area (Å²) in [7, 11) is 0. The van der Waals surface area contributed by atoms with E-state index in [2.05, 4.69) is 29.2 Å². The zero-order valence-electron chi connectivity index (χ0n) is 8.97. The summed E-state index contributed by atoms with van der Waals surface area (Å²) in [5.74, 6) is 0.948. The molecule has 0 aliphatic carbocycles. The molecule has 3 rings (SSSR count). The molecular formula is C14H13NO. The van der Waals surface area contributed by atoms with Crippen molar-refractivity contribution in [2.24, 2.45) is 0 Å². The van der Waals surface area contributed by atoms with Crippen LogP contribution in [0.2, 0.25) is 0 Å². The van der Waals surface area contributed by atoms with E-state index in [1.165, 1.54) is 5.56 Å². The van der Waals surface area contributed by atoms with Gasteiger partial charge in [-0.25, -0.2) is 0 Å². The van der Waals surface area contributed by atoms with E-state index in [0.717, 1.165) is 24.3 Å². The first-order valence-corrected chi connectivity index (χ1v) is 5.56. The molecule has 0 N–H and O–H groups in total. The summed E-state index contributed by atoms with van der Waals surface area (Å²) in [6, 6.07) is 14.4. The van der Waals surface area contributed by atoms with Crippen molar-refractivity contribution in [2.45, 2.75) is 18.9 Å². The first-order valence-electron chi connectivity index (χ1n) is 5.56. The van der Waals surface area contributed by atoms with Crippen molar-refractivity contribution in [3.63, 3.8) is 0 Å². The minimum absolute atomic E-state index is 0.243. The molecule has 0 radical (unpaired) electrons. The highest BCUT2D eigenvalue weighted by Gasteiger charge is 2.23. The Labute approximate surface area is 94.9 Å². The number of rotatable bonds is 2. The number of hydrogen-bond acceptors (Lipinski definition) is 2. The second-order valence-corrected chi connectivity index (χ2v) is 4.08. The van der Waals surface area contributed by atoms with Crippen LogP contribution >= 0.6 is 0 Å². The van der Waals surface area contributed by atoms with Crippen molar-refractivity contribution >= 4 is 0 Å². The molecule has 0 spiro atoms. The van der Waals surface area contributed by atoms with E-state index in [1.54, 1.807) is 0 Å². The Hall–Kier alpha value is -1.83. The van der Waals surface area contributed by atoms with Crippen LogP contribution in [0.15, 0.2) is 48.7 Å². The predicted molar refractivity (Wildman–Crippen MR) is 62.5 cm³/mol. The zero-order chi connectivity index (χ0) is 10.8. The van der Waals surface area contributed by atoms with Crippen molar-refractivity contribution in [1.29, 1.82) is 0 Å². The summed E-state index contributed by atoms with van der Waals surface area (Å²) in [6.45, 7) is 0. The Balaban J connectivity index is 1.73. The van der Waals surface area contributed by atoms with Crippen LogP contribution in [0, 0.1) is 0 Å². The van der Waals surface area contributed by atoms with Gasteiger partial charge in [-0.3, -0.25) is 4.98 Å². The molecule has 1 aromatic carbocycles. The fourth-order valence-corrected chi connectivity index (χ4v) is 2.11. The average molecular weight is 211 g/mol. The van der Waals surface area contributed by atoms with Crippen LogP contribution in [0.1, 0.15) is 11.3 Å². The van der Waals surface area contributed by atoms with Gasteiger partial charge in [0.05, 0.1) is 5.69 Å². The lowest BCUT2D eigenvalue weighted by atomic mass is 10.1. The maximum atomic E-state index is 5.85. The van der Waals surface area contributed by atoms with E-state index in [9.17, 15) is 0 Å². The number of fused-ring (bicyclic) bond motifs is 1. The van der Waals surface area contributed by atoms with Gasteiger partial charge in [0.25, 0.3) is 0 Å². The highest BCUT2D eigenvalue weighted by molar-refractivity contribution is 5.32. The molecule has 1 aromatic heterocycles. The molecule has 1 unspecified atom stereocenters. The second-order valence-electron chi connectivity index (χ2n) is 4.08. The van der Waals surface area contributed by atoms with Gasteiger partial charge in [-0.15, -0.1) is 0 Å². The number of benzene rings is 1. The third-order valence-electron chi connectivity index (χ3n) is 2.87. The molecule has 2 heteroatoms. The van der Waals surface area contributed by atoms with Crippen LogP contribution in [-0.4, -0.2) is 11.1 Å². The molecule has 1 aliphatic heterocycles. The Morgan fingerprint density at radius 3 is 2.81 bits per heavy atom. The lowest BCUT2D eigenvalue weighted by molar-refractivity contribution is 0.233. The number of aromatic nitrogens is 1. The SMILES string of the molecule is c1ccc(CC2Cc3ncccc3O2)cc1. The lowest BCUT2D eigenvalue weighted by Gasteiger charge is -2.09. The molecule has 2 heterocycles. The minimum atomic E-state index is 0.243. The van der Waals surface area contributed by atoms with E-state index in [4.69, 9.17) is 4.74 Å². The first kappa shape index (κ1) is 9.40. The van der Waals surface area contributed by atoms with E-state index in [-0.39, 0.29) is 6.10 Å². The van der Waals surface area contributed by atoms with Gasteiger partial charge in [0.15, 0.2) is 0 Å². The molecule has 80 valence electrons. The Kier molecular flexibility index (Phi) is 2.33. The molecule has 0 fully saturated rings. The van der Waals surface area contributed by atoms with Crippen molar-refractivity contribution in [1.82, 2.24) is 4.98 Å². The van der Waals surface area contributed by atoms with Gasteiger partial charge < -0.3 is 4.74 Å². The summed E-state index contributed by atoms with van der Waals surface area (Å²) in [5, 5.41) is 0. The van der Waals surface area contributed by atoms with Gasteiger partial charge in [-0.2, -0.15) is 0 Å². The fraction of sp³-hybridized carbons (Fsp3) is 0.214. The van der Waals surface area contributed by atoms with Crippen LogP contribution in [-0.2, 0) is 12.8 Å². The lowest BCUT2D eigenvalue weighted by Crippen LogP contribution is -2.16. The average Bonchev–Trinajstić information content (AvgIpc) is 2.72. The molecule has 0 amide bonds. The smallest absolute Gasteiger partial charge is 0.141 e. The molecule has 2 nitrogen and oxygen atoms in total. The van der Waals surface area contributed by atoms with Crippen molar-refractivity contribution in [3.8, 4) is 5.75 Å². The topological polar surface area (TPSA) is 22.1 Å². The highest BCUT2D eigenvalue weighted by Crippen LogP contribution is 2.27. The first-order chi connectivity index (χ1) is 7.92. The number of ether oxygens (including phenoxy) is 1. The second kappa shape index (κ2) is 3.97. The summed E-state index contributed by atoms with van der Waals surface area (Å²) < 4.78 is 5.85. The van der Waals surface area contributed by atoms with Crippen LogP contribution in [0.3, 0.4) is 0 Å². The molecule has 1 aliphatic rings. The van der Waals surface area contributed by atoms with Gasteiger partial charge in [0.1, 0.15) is 11.9 Å². The maximum Gasteiger partial charge on any atom is 0.141 e. The van der Waals surface area contributed by atoms with Crippen molar-refractivity contribution < 1.29 is 4.74 Å². The number of pyridine rings is 1. The summed E-state index contributed by atoms with van der Waals surface area (Å²) in [5.41, 5.74) is 2.41. The van der Waals surface area contributed by atoms with Gasteiger partial charge in [-0.1, -0.05) is 30.3 Å². The molecular weight excluding hydrogens is 198 g/mol. The van der Waals surface area contributed by atoms with Crippen molar-refractivity contribution in [2.75, 3.05) is 0 Å². The minimum Gasteiger partial charge on any atom is -0.488 e. The third kappa shape index (κ3) is 1.78. The van der Waals surface area contributed by atoms with Crippen LogP contribution in [0.25, 0.3) is 0 Å². The summed E-state index contributed by atoms with van der Waals surface area (Å²) in [6.07, 6.45) is 3.95. The fourth-order valence-electron chi connectivity index (χ4n) is 2.11.